The molecule has 0 aromatic heterocycles. The highest BCUT2D eigenvalue weighted by Crippen LogP contribution is 2.48. The maximum Gasteiger partial charge on any atom is 0.387 e. The molecule has 2 saturated carbocycles. The van der Waals surface area contributed by atoms with Crippen molar-refractivity contribution in [3.63, 3.8) is 0 Å². The first-order valence-corrected chi connectivity index (χ1v) is 12.0. The highest BCUT2D eigenvalue weighted by atomic mass is 19.3. The van der Waals surface area contributed by atoms with Crippen molar-refractivity contribution in [3.8, 4) is 16.9 Å². The van der Waals surface area contributed by atoms with Crippen LogP contribution in [0.15, 0.2) is 36.4 Å². The van der Waals surface area contributed by atoms with E-state index in [0.29, 0.717) is 17.0 Å². The molecule has 2 aromatic carbocycles. The Morgan fingerprint density at radius 2 is 1.53 bits per heavy atom. The van der Waals surface area contributed by atoms with E-state index < -0.39 is 24.0 Å². The van der Waals surface area contributed by atoms with E-state index in [1.54, 1.807) is 0 Å². The fraction of sp³-hybridized carbons (Fsp3) is 0.556. The molecular formula is C27H32F4O. The van der Waals surface area contributed by atoms with Gasteiger partial charge in [0.15, 0.2) is 17.4 Å². The average Bonchev–Trinajstić information content (AvgIpc) is 2.79. The molecule has 2 fully saturated rings. The standard InChI is InChI=1S/C27H32F4O/c1-2-3-4-17-5-6-22-14-21(12-11-20(22)13-17)18-7-9-19(10-8-18)23-15-24(28)26(25(29)16-23)32-27(30)31/h7-10,15-17,20-22,27H,2-6,11-14H2,1H3/t17?,20-,21-,22-/m1/s1. The van der Waals surface area contributed by atoms with Crippen LogP contribution in [0.3, 0.4) is 0 Å². The molecular weight excluding hydrogens is 416 g/mol. The van der Waals surface area contributed by atoms with Gasteiger partial charge in [-0.2, -0.15) is 8.78 Å². The summed E-state index contributed by atoms with van der Waals surface area (Å²) in [6, 6.07) is 9.91. The van der Waals surface area contributed by atoms with Crippen LogP contribution in [0.25, 0.3) is 11.1 Å². The van der Waals surface area contributed by atoms with E-state index in [9.17, 15) is 17.6 Å². The third-order valence-electron chi connectivity index (χ3n) is 7.61. The van der Waals surface area contributed by atoms with E-state index in [-0.39, 0.29) is 0 Å². The largest absolute Gasteiger partial charge is 0.429 e. The van der Waals surface area contributed by atoms with Gasteiger partial charge < -0.3 is 4.74 Å². The first-order chi connectivity index (χ1) is 15.4. The van der Waals surface area contributed by atoms with Crippen molar-refractivity contribution in [2.75, 3.05) is 0 Å². The lowest BCUT2D eigenvalue weighted by molar-refractivity contribution is -0.0546. The predicted molar refractivity (Wildman–Crippen MR) is 119 cm³/mol. The summed E-state index contributed by atoms with van der Waals surface area (Å²) in [6.45, 7) is -1.00. The van der Waals surface area contributed by atoms with Crippen LogP contribution >= 0.6 is 0 Å². The highest BCUT2D eigenvalue weighted by molar-refractivity contribution is 5.65. The molecule has 5 heteroatoms. The summed E-state index contributed by atoms with van der Waals surface area (Å²) in [5.41, 5.74) is 2.24. The van der Waals surface area contributed by atoms with E-state index in [4.69, 9.17) is 0 Å². The minimum atomic E-state index is -3.27. The Hall–Kier alpha value is -2.04. The van der Waals surface area contributed by atoms with Gasteiger partial charge in [0, 0.05) is 0 Å². The van der Waals surface area contributed by atoms with Crippen molar-refractivity contribution >= 4 is 0 Å². The number of hydrogen-bond donors (Lipinski definition) is 0. The van der Waals surface area contributed by atoms with E-state index >= 15 is 0 Å². The molecule has 0 amide bonds. The van der Waals surface area contributed by atoms with Gasteiger partial charge in [-0.3, -0.25) is 0 Å². The molecule has 0 bridgehead atoms. The van der Waals surface area contributed by atoms with E-state index in [2.05, 4.69) is 11.7 Å². The predicted octanol–water partition coefficient (Wildman–Crippen LogP) is 8.72. The van der Waals surface area contributed by atoms with Gasteiger partial charge in [-0.1, -0.05) is 56.9 Å². The number of fused-ring (bicyclic) bond motifs is 1. The lowest BCUT2D eigenvalue weighted by Gasteiger charge is -2.42. The maximum absolute atomic E-state index is 14.1. The number of alkyl halides is 2. The van der Waals surface area contributed by atoms with Crippen molar-refractivity contribution < 1.29 is 22.3 Å². The minimum Gasteiger partial charge on any atom is -0.429 e. The monoisotopic (exact) mass is 448 g/mol. The molecule has 1 nitrogen and oxygen atoms in total. The fourth-order valence-corrected chi connectivity index (χ4v) is 5.92. The quantitative estimate of drug-likeness (QED) is 0.385. The summed E-state index contributed by atoms with van der Waals surface area (Å²) in [5, 5.41) is 0. The van der Waals surface area contributed by atoms with E-state index in [0.717, 1.165) is 29.9 Å². The lowest BCUT2D eigenvalue weighted by Crippen LogP contribution is -2.30. The van der Waals surface area contributed by atoms with Crippen LogP contribution in [0.1, 0.15) is 76.2 Å². The molecule has 4 rings (SSSR count). The molecule has 0 N–H and O–H groups in total. The van der Waals surface area contributed by atoms with Crippen LogP contribution in [0.5, 0.6) is 5.75 Å². The molecule has 0 heterocycles. The Kier molecular flexibility index (Phi) is 7.42. The van der Waals surface area contributed by atoms with Crippen LogP contribution in [0.4, 0.5) is 17.6 Å². The maximum atomic E-state index is 14.1. The second-order valence-corrected chi connectivity index (χ2v) is 9.62. The van der Waals surface area contributed by atoms with Gasteiger partial charge in [-0.05, 0) is 84.6 Å². The van der Waals surface area contributed by atoms with Crippen LogP contribution in [0.2, 0.25) is 0 Å². The molecule has 2 aliphatic carbocycles. The number of rotatable bonds is 7. The second kappa shape index (κ2) is 10.3. The summed E-state index contributed by atoms with van der Waals surface area (Å²) in [4.78, 5) is 0. The molecule has 2 aliphatic rings. The smallest absolute Gasteiger partial charge is 0.387 e. The fourth-order valence-electron chi connectivity index (χ4n) is 5.92. The molecule has 4 atom stereocenters. The van der Waals surface area contributed by atoms with Gasteiger partial charge in [-0.15, -0.1) is 0 Å². The zero-order valence-electron chi connectivity index (χ0n) is 18.6. The number of ether oxygens (including phenoxy) is 1. The lowest BCUT2D eigenvalue weighted by atomic mass is 9.63. The Balaban J connectivity index is 1.41. The summed E-state index contributed by atoms with van der Waals surface area (Å²) >= 11 is 0. The molecule has 1 unspecified atom stereocenters. The molecule has 0 aliphatic heterocycles. The van der Waals surface area contributed by atoms with Crippen molar-refractivity contribution in [1.82, 2.24) is 0 Å². The summed E-state index contributed by atoms with van der Waals surface area (Å²) in [5.74, 6) is -0.146. The van der Waals surface area contributed by atoms with E-state index in [1.807, 2.05) is 24.3 Å². The Bertz CT molecular complexity index is 872. The van der Waals surface area contributed by atoms with E-state index in [1.165, 1.54) is 63.4 Å². The SMILES string of the molecule is CCCCC1CC[C@@H]2C[C@H](c3ccc(-c4cc(F)c(OC(F)F)c(F)c4)cc3)CC[C@@H]2C1. The van der Waals surface area contributed by atoms with Crippen LogP contribution in [-0.4, -0.2) is 6.61 Å². The number of halogens is 4. The first kappa shape index (κ1) is 23.1. The average molecular weight is 449 g/mol. The summed E-state index contributed by atoms with van der Waals surface area (Å²) in [7, 11) is 0. The molecule has 174 valence electrons. The van der Waals surface area contributed by atoms with Gasteiger partial charge in [0.1, 0.15) is 0 Å². The molecule has 0 spiro atoms. The number of benzene rings is 2. The number of hydrogen-bond acceptors (Lipinski definition) is 1. The zero-order valence-corrected chi connectivity index (χ0v) is 18.6. The third-order valence-corrected chi connectivity index (χ3v) is 7.61. The molecule has 32 heavy (non-hydrogen) atoms. The number of unbranched alkanes of at least 4 members (excludes halogenated alkanes) is 1. The Labute approximate surface area is 188 Å². The van der Waals surface area contributed by atoms with Crippen molar-refractivity contribution in [2.24, 2.45) is 17.8 Å². The Morgan fingerprint density at radius 3 is 2.19 bits per heavy atom. The Morgan fingerprint density at radius 1 is 0.875 bits per heavy atom. The van der Waals surface area contributed by atoms with Crippen molar-refractivity contribution in [1.29, 1.82) is 0 Å². The highest BCUT2D eigenvalue weighted by Gasteiger charge is 2.35. The van der Waals surface area contributed by atoms with Crippen LogP contribution < -0.4 is 4.74 Å². The normalized spacial score (nSPS) is 25.6. The van der Waals surface area contributed by atoms with Gasteiger partial charge in [-0.25, -0.2) is 8.78 Å². The first-order valence-electron chi connectivity index (χ1n) is 12.0. The molecule has 2 aromatic rings. The van der Waals surface area contributed by atoms with Gasteiger partial charge >= 0.3 is 6.61 Å². The van der Waals surface area contributed by atoms with Gasteiger partial charge in [0.2, 0.25) is 0 Å². The van der Waals surface area contributed by atoms with Gasteiger partial charge in [0.05, 0.1) is 0 Å². The topological polar surface area (TPSA) is 9.23 Å². The zero-order chi connectivity index (χ0) is 22.7. The second-order valence-electron chi connectivity index (χ2n) is 9.62. The van der Waals surface area contributed by atoms with Crippen molar-refractivity contribution in [3.05, 3.63) is 53.6 Å². The van der Waals surface area contributed by atoms with Crippen LogP contribution in [-0.2, 0) is 0 Å². The third kappa shape index (κ3) is 5.29. The van der Waals surface area contributed by atoms with Crippen molar-refractivity contribution in [2.45, 2.75) is 77.2 Å². The summed E-state index contributed by atoms with van der Waals surface area (Å²) in [6.07, 6.45) is 11.9. The summed E-state index contributed by atoms with van der Waals surface area (Å²) < 4.78 is 56.8. The molecule has 0 radical (unpaired) electrons. The molecule has 0 saturated heterocycles. The van der Waals surface area contributed by atoms with Crippen LogP contribution in [0, 0.1) is 29.4 Å². The minimum absolute atomic E-state index is 0.308. The van der Waals surface area contributed by atoms with Gasteiger partial charge in [0.25, 0.3) is 0 Å².